The average Bonchev–Trinajstić information content (AvgIpc) is 2.49. The van der Waals surface area contributed by atoms with Gasteiger partial charge < -0.3 is 5.32 Å². The molecular weight excluding hydrogens is 117 g/mol. The normalized spacial score (nSPS) is 39.0. The molecule has 1 nitrogen and oxygen atoms in total. The Morgan fingerprint density at radius 3 is 2.67 bits per heavy atom. The topological polar surface area (TPSA) is 12.0 Å². The van der Waals surface area contributed by atoms with Gasteiger partial charge in [0, 0.05) is 13.1 Å². The monoisotopic (exact) mass is 129 g/mol. The van der Waals surface area contributed by atoms with Gasteiger partial charge in [-0.3, -0.25) is 0 Å². The fourth-order valence-electron chi connectivity index (χ4n) is 1.67. The first-order valence-electron chi connectivity index (χ1n) is 3.66. The maximum atomic E-state index is 12.7. The molecule has 52 valence electrons. The highest BCUT2D eigenvalue weighted by Gasteiger charge is 2.45. The molecule has 0 aromatic carbocycles. The summed E-state index contributed by atoms with van der Waals surface area (Å²) < 4.78 is 12.7. The van der Waals surface area contributed by atoms with E-state index in [-0.39, 0.29) is 0 Å². The van der Waals surface area contributed by atoms with Crippen LogP contribution in [0.25, 0.3) is 0 Å². The minimum atomic E-state index is -0.568. The van der Waals surface area contributed by atoms with Crippen LogP contribution in [-0.4, -0.2) is 19.3 Å². The van der Waals surface area contributed by atoms with Crippen LogP contribution in [0.1, 0.15) is 19.3 Å². The number of hydrogen-bond acceptors (Lipinski definition) is 1. The molecule has 0 radical (unpaired) electrons. The van der Waals surface area contributed by atoms with Crippen molar-refractivity contribution < 1.29 is 4.39 Å². The van der Waals surface area contributed by atoms with Gasteiger partial charge in [0.05, 0.1) is 0 Å². The second-order valence-corrected chi connectivity index (χ2v) is 3.43. The number of halogens is 1. The van der Waals surface area contributed by atoms with Gasteiger partial charge in [0.25, 0.3) is 0 Å². The first kappa shape index (κ1) is 5.66. The molecule has 2 heteroatoms. The van der Waals surface area contributed by atoms with Crippen molar-refractivity contribution in [3.05, 3.63) is 0 Å². The van der Waals surface area contributed by atoms with Crippen LogP contribution in [-0.2, 0) is 0 Å². The quantitative estimate of drug-likeness (QED) is 0.516. The molecule has 1 N–H and O–H groups in total. The smallest absolute Gasteiger partial charge is 0.113 e. The molecule has 1 saturated carbocycles. The fraction of sp³-hybridized carbons (Fsp3) is 1.00. The van der Waals surface area contributed by atoms with Gasteiger partial charge in [-0.25, -0.2) is 4.39 Å². The van der Waals surface area contributed by atoms with Crippen LogP contribution in [0, 0.1) is 5.41 Å². The van der Waals surface area contributed by atoms with Gasteiger partial charge in [0.1, 0.15) is 6.17 Å². The summed E-state index contributed by atoms with van der Waals surface area (Å²) in [5, 5.41) is 3.11. The molecule has 1 aliphatic carbocycles. The summed E-state index contributed by atoms with van der Waals surface area (Å²) in [6.45, 7) is 1.65. The summed E-state index contributed by atoms with van der Waals surface area (Å²) in [4.78, 5) is 0. The molecule has 1 heterocycles. The lowest BCUT2D eigenvalue weighted by molar-refractivity contribution is 0.202. The van der Waals surface area contributed by atoms with E-state index in [9.17, 15) is 4.39 Å². The molecule has 1 saturated heterocycles. The lowest BCUT2D eigenvalue weighted by Crippen LogP contribution is -2.38. The Labute approximate surface area is 54.6 Å². The third kappa shape index (κ3) is 0.960. The summed E-state index contributed by atoms with van der Waals surface area (Å²) in [7, 11) is 0. The third-order valence-electron chi connectivity index (χ3n) is 2.48. The predicted octanol–water partition coefficient (Wildman–Crippen LogP) is 1.10. The number of piperidine rings is 1. The van der Waals surface area contributed by atoms with Crippen LogP contribution in [0.15, 0.2) is 0 Å². The first-order valence-corrected chi connectivity index (χ1v) is 3.66. The Hall–Kier alpha value is -0.110. The van der Waals surface area contributed by atoms with Gasteiger partial charge in [0.15, 0.2) is 0 Å². The number of hydrogen-bond donors (Lipinski definition) is 1. The fourth-order valence-corrected chi connectivity index (χ4v) is 1.67. The van der Waals surface area contributed by atoms with E-state index in [0.717, 1.165) is 13.0 Å². The standard InChI is InChI=1S/C7H12FN/c8-6-3-7(1-2-7)5-9-4-6/h6,9H,1-5H2/t6-/m0/s1. The predicted molar refractivity (Wildman–Crippen MR) is 34.0 cm³/mol. The lowest BCUT2D eigenvalue weighted by Gasteiger charge is -2.24. The molecule has 1 atom stereocenters. The summed E-state index contributed by atoms with van der Waals surface area (Å²) in [5.74, 6) is 0. The highest BCUT2D eigenvalue weighted by molar-refractivity contribution is 4.99. The van der Waals surface area contributed by atoms with Crippen molar-refractivity contribution in [1.82, 2.24) is 5.32 Å². The van der Waals surface area contributed by atoms with Crippen molar-refractivity contribution in [3.63, 3.8) is 0 Å². The van der Waals surface area contributed by atoms with E-state index in [0.29, 0.717) is 12.0 Å². The average molecular weight is 129 g/mol. The Bertz CT molecular complexity index is 120. The molecule has 2 fully saturated rings. The minimum Gasteiger partial charge on any atom is -0.313 e. The molecule has 1 aliphatic heterocycles. The van der Waals surface area contributed by atoms with E-state index in [1.807, 2.05) is 0 Å². The lowest BCUT2D eigenvalue weighted by atomic mass is 9.96. The van der Waals surface area contributed by atoms with Crippen LogP contribution in [0.5, 0.6) is 0 Å². The number of rotatable bonds is 0. The van der Waals surface area contributed by atoms with Crippen LogP contribution >= 0.6 is 0 Å². The van der Waals surface area contributed by atoms with Crippen LogP contribution in [0.3, 0.4) is 0 Å². The molecule has 0 aromatic rings. The van der Waals surface area contributed by atoms with Crippen molar-refractivity contribution in [2.24, 2.45) is 5.41 Å². The maximum absolute atomic E-state index is 12.7. The Morgan fingerprint density at radius 2 is 2.22 bits per heavy atom. The number of alkyl halides is 1. The number of nitrogens with one attached hydrogen (secondary N) is 1. The molecule has 9 heavy (non-hydrogen) atoms. The summed E-state index contributed by atoms with van der Waals surface area (Å²) in [6, 6.07) is 0. The van der Waals surface area contributed by atoms with E-state index in [2.05, 4.69) is 5.32 Å². The van der Waals surface area contributed by atoms with Crippen molar-refractivity contribution in [2.75, 3.05) is 13.1 Å². The van der Waals surface area contributed by atoms with Gasteiger partial charge in [-0.2, -0.15) is 0 Å². The van der Waals surface area contributed by atoms with E-state index >= 15 is 0 Å². The highest BCUT2D eigenvalue weighted by atomic mass is 19.1. The largest absolute Gasteiger partial charge is 0.313 e. The first-order chi connectivity index (χ1) is 4.31. The second kappa shape index (κ2) is 1.69. The van der Waals surface area contributed by atoms with E-state index in [4.69, 9.17) is 0 Å². The molecule has 2 aliphatic rings. The summed E-state index contributed by atoms with van der Waals surface area (Å²) in [6.07, 6.45) is 2.75. The van der Waals surface area contributed by atoms with E-state index in [1.165, 1.54) is 12.8 Å². The molecule has 0 bridgehead atoms. The maximum Gasteiger partial charge on any atom is 0.113 e. The zero-order chi connectivity index (χ0) is 6.32. The molecule has 2 rings (SSSR count). The second-order valence-electron chi connectivity index (χ2n) is 3.43. The third-order valence-corrected chi connectivity index (χ3v) is 2.48. The zero-order valence-electron chi connectivity index (χ0n) is 5.49. The highest BCUT2D eigenvalue weighted by Crippen LogP contribution is 2.50. The SMILES string of the molecule is F[C@@H]1CNCC2(CC2)C1. The summed E-state index contributed by atoms with van der Waals surface area (Å²) in [5.41, 5.74) is 0.414. The van der Waals surface area contributed by atoms with Gasteiger partial charge in [-0.15, -0.1) is 0 Å². The van der Waals surface area contributed by atoms with Gasteiger partial charge in [-0.1, -0.05) is 0 Å². The van der Waals surface area contributed by atoms with E-state index in [1.54, 1.807) is 0 Å². The Balaban J connectivity index is 1.96. The molecule has 1 spiro atoms. The van der Waals surface area contributed by atoms with Crippen LogP contribution < -0.4 is 5.32 Å². The summed E-state index contributed by atoms with van der Waals surface area (Å²) >= 11 is 0. The molecule has 0 aromatic heterocycles. The Kier molecular flexibility index (Phi) is 1.06. The molecule has 0 amide bonds. The van der Waals surface area contributed by atoms with Crippen molar-refractivity contribution >= 4 is 0 Å². The zero-order valence-corrected chi connectivity index (χ0v) is 5.49. The van der Waals surface area contributed by atoms with Crippen molar-refractivity contribution in [3.8, 4) is 0 Å². The molecule has 0 unspecified atom stereocenters. The van der Waals surface area contributed by atoms with Gasteiger partial charge >= 0.3 is 0 Å². The molecular formula is C7H12FN. The van der Waals surface area contributed by atoms with E-state index < -0.39 is 6.17 Å². The van der Waals surface area contributed by atoms with Crippen molar-refractivity contribution in [1.29, 1.82) is 0 Å². The minimum absolute atomic E-state index is 0.414. The van der Waals surface area contributed by atoms with Crippen LogP contribution in [0.4, 0.5) is 4.39 Å². The van der Waals surface area contributed by atoms with Gasteiger partial charge in [-0.05, 0) is 24.7 Å². The Morgan fingerprint density at radius 1 is 1.44 bits per heavy atom. The van der Waals surface area contributed by atoms with Gasteiger partial charge in [0.2, 0.25) is 0 Å². The van der Waals surface area contributed by atoms with Crippen LogP contribution in [0.2, 0.25) is 0 Å². The van der Waals surface area contributed by atoms with Crippen molar-refractivity contribution in [2.45, 2.75) is 25.4 Å².